The van der Waals surface area contributed by atoms with E-state index in [0.29, 0.717) is 11.4 Å². The fourth-order valence-electron chi connectivity index (χ4n) is 1.90. The highest BCUT2D eigenvalue weighted by atomic mass is 16.7. The standard InChI is InChI=1S/C14H22BN3O3/c1-13(2)14(3,4)21-15(20-13)10-7-6-8-11(18-10)17-9-12(19)16-5/h6-8H,9H2,1-5H3,(H,16,19)(H,17,18). The van der Waals surface area contributed by atoms with Crippen molar-refractivity contribution in [1.82, 2.24) is 10.3 Å². The van der Waals surface area contributed by atoms with Crippen molar-refractivity contribution in [2.75, 3.05) is 18.9 Å². The summed E-state index contributed by atoms with van der Waals surface area (Å²) in [6.07, 6.45) is 0. The highest BCUT2D eigenvalue weighted by Crippen LogP contribution is 2.36. The van der Waals surface area contributed by atoms with Crippen LogP contribution in [-0.2, 0) is 14.1 Å². The van der Waals surface area contributed by atoms with Crippen LogP contribution in [0.5, 0.6) is 0 Å². The molecule has 0 unspecified atom stereocenters. The Morgan fingerprint density at radius 2 is 1.86 bits per heavy atom. The van der Waals surface area contributed by atoms with Crippen LogP contribution in [0.15, 0.2) is 18.2 Å². The molecular formula is C14H22BN3O3. The van der Waals surface area contributed by atoms with Crippen molar-refractivity contribution in [3.8, 4) is 0 Å². The molecular weight excluding hydrogens is 269 g/mol. The Labute approximate surface area is 125 Å². The maximum absolute atomic E-state index is 11.2. The van der Waals surface area contributed by atoms with Crippen LogP contribution in [0.4, 0.5) is 5.82 Å². The zero-order valence-electron chi connectivity index (χ0n) is 13.2. The van der Waals surface area contributed by atoms with Gasteiger partial charge in [-0.05, 0) is 39.8 Å². The monoisotopic (exact) mass is 291 g/mol. The first-order valence-corrected chi connectivity index (χ1v) is 7.02. The average molecular weight is 291 g/mol. The van der Waals surface area contributed by atoms with E-state index >= 15 is 0 Å². The number of hydrogen-bond donors (Lipinski definition) is 2. The lowest BCUT2D eigenvalue weighted by Gasteiger charge is -2.32. The van der Waals surface area contributed by atoms with Gasteiger partial charge in [-0.2, -0.15) is 0 Å². The van der Waals surface area contributed by atoms with Crippen molar-refractivity contribution in [3.63, 3.8) is 0 Å². The highest BCUT2D eigenvalue weighted by molar-refractivity contribution is 6.61. The molecule has 6 nitrogen and oxygen atoms in total. The largest absolute Gasteiger partial charge is 0.514 e. The van der Waals surface area contributed by atoms with Crippen molar-refractivity contribution < 1.29 is 14.1 Å². The SMILES string of the molecule is CNC(=O)CNc1cccc(B2OC(C)(C)C(C)(C)O2)n1. The second-order valence-corrected chi connectivity index (χ2v) is 6.06. The smallest absolute Gasteiger partial charge is 0.398 e. The number of rotatable bonds is 4. The maximum Gasteiger partial charge on any atom is 0.514 e. The van der Waals surface area contributed by atoms with Crippen LogP contribution in [0.25, 0.3) is 0 Å². The molecule has 2 N–H and O–H groups in total. The van der Waals surface area contributed by atoms with Gasteiger partial charge in [-0.1, -0.05) is 6.07 Å². The predicted molar refractivity (Wildman–Crippen MR) is 82.5 cm³/mol. The summed E-state index contributed by atoms with van der Waals surface area (Å²) >= 11 is 0. The number of nitrogens with zero attached hydrogens (tertiary/aromatic N) is 1. The lowest BCUT2D eigenvalue weighted by Crippen LogP contribution is -2.41. The number of amides is 1. The van der Waals surface area contributed by atoms with E-state index in [1.807, 2.05) is 39.8 Å². The number of aromatic nitrogens is 1. The van der Waals surface area contributed by atoms with Gasteiger partial charge in [0.1, 0.15) is 5.82 Å². The number of anilines is 1. The average Bonchev–Trinajstić information content (AvgIpc) is 2.65. The summed E-state index contributed by atoms with van der Waals surface area (Å²) in [5.74, 6) is 0.517. The Morgan fingerprint density at radius 1 is 1.24 bits per heavy atom. The van der Waals surface area contributed by atoms with Crippen LogP contribution in [0.2, 0.25) is 0 Å². The normalized spacial score (nSPS) is 19.4. The molecule has 0 bridgehead atoms. The maximum atomic E-state index is 11.2. The van der Waals surface area contributed by atoms with Gasteiger partial charge in [0.25, 0.3) is 0 Å². The summed E-state index contributed by atoms with van der Waals surface area (Å²) in [6, 6.07) is 5.52. The third-order valence-corrected chi connectivity index (χ3v) is 3.97. The van der Waals surface area contributed by atoms with Crippen molar-refractivity contribution in [3.05, 3.63) is 18.2 Å². The van der Waals surface area contributed by atoms with Gasteiger partial charge in [-0.25, -0.2) is 4.98 Å². The third kappa shape index (κ3) is 3.36. The molecule has 1 aliphatic heterocycles. The van der Waals surface area contributed by atoms with E-state index in [-0.39, 0.29) is 12.5 Å². The molecule has 2 rings (SSSR count). The number of carbonyl (C=O) groups is 1. The van der Waals surface area contributed by atoms with Crippen molar-refractivity contribution in [2.24, 2.45) is 0 Å². The van der Waals surface area contributed by atoms with Gasteiger partial charge in [0, 0.05) is 7.05 Å². The Balaban J connectivity index is 2.10. The van der Waals surface area contributed by atoms with Crippen LogP contribution < -0.4 is 16.2 Å². The molecule has 1 fully saturated rings. The molecule has 0 aliphatic carbocycles. The first-order valence-electron chi connectivity index (χ1n) is 7.02. The summed E-state index contributed by atoms with van der Waals surface area (Å²) < 4.78 is 11.9. The van der Waals surface area contributed by atoms with Gasteiger partial charge >= 0.3 is 7.12 Å². The molecule has 7 heteroatoms. The zero-order chi connectivity index (χ0) is 15.7. The van der Waals surface area contributed by atoms with E-state index in [1.54, 1.807) is 13.1 Å². The minimum atomic E-state index is -0.503. The van der Waals surface area contributed by atoms with Gasteiger partial charge in [0.05, 0.1) is 23.3 Å². The summed E-state index contributed by atoms with van der Waals surface area (Å²) in [6.45, 7) is 8.18. The molecule has 0 atom stereocenters. The Hall–Kier alpha value is -1.60. The van der Waals surface area contributed by atoms with Crippen LogP contribution in [0, 0.1) is 0 Å². The van der Waals surface area contributed by atoms with Gasteiger partial charge in [-0.15, -0.1) is 0 Å². The lowest BCUT2D eigenvalue weighted by molar-refractivity contribution is -0.118. The number of hydrogen-bond acceptors (Lipinski definition) is 5. The Kier molecular flexibility index (Phi) is 4.25. The van der Waals surface area contributed by atoms with Crippen LogP contribution >= 0.6 is 0 Å². The zero-order valence-corrected chi connectivity index (χ0v) is 13.2. The molecule has 1 aromatic heterocycles. The molecule has 1 saturated heterocycles. The highest BCUT2D eigenvalue weighted by Gasteiger charge is 2.52. The van der Waals surface area contributed by atoms with E-state index in [2.05, 4.69) is 15.6 Å². The second kappa shape index (κ2) is 5.65. The fourth-order valence-corrected chi connectivity index (χ4v) is 1.90. The molecule has 1 amide bonds. The van der Waals surface area contributed by atoms with Crippen molar-refractivity contribution in [1.29, 1.82) is 0 Å². The first kappa shape index (κ1) is 15.8. The molecule has 0 radical (unpaired) electrons. The molecule has 0 spiro atoms. The third-order valence-electron chi connectivity index (χ3n) is 3.97. The van der Waals surface area contributed by atoms with E-state index in [9.17, 15) is 4.79 Å². The Bertz CT molecular complexity index is 518. The van der Waals surface area contributed by atoms with Crippen molar-refractivity contribution in [2.45, 2.75) is 38.9 Å². The molecule has 114 valence electrons. The minimum absolute atomic E-state index is 0.0992. The quantitative estimate of drug-likeness (QED) is 0.792. The van der Waals surface area contributed by atoms with E-state index in [0.717, 1.165) is 0 Å². The molecule has 0 aromatic carbocycles. The number of pyridine rings is 1. The fraction of sp³-hybridized carbons (Fsp3) is 0.571. The summed E-state index contributed by atoms with van der Waals surface area (Å²) in [5, 5.41) is 5.51. The summed E-state index contributed by atoms with van der Waals surface area (Å²) in [5.41, 5.74) is -0.106. The van der Waals surface area contributed by atoms with Gasteiger partial charge in [0.2, 0.25) is 5.91 Å². The molecule has 21 heavy (non-hydrogen) atoms. The van der Waals surface area contributed by atoms with Crippen molar-refractivity contribution >= 4 is 24.4 Å². The van der Waals surface area contributed by atoms with E-state index in [1.165, 1.54) is 0 Å². The van der Waals surface area contributed by atoms with Gasteiger partial charge in [-0.3, -0.25) is 4.79 Å². The first-order chi connectivity index (χ1) is 9.75. The molecule has 1 aromatic rings. The molecule has 2 heterocycles. The number of nitrogens with one attached hydrogen (secondary N) is 2. The van der Waals surface area contributed by atoms with Crippen LogP contribution in [0.1, 0.15) is 27.7 Å². The molecule has 1 aliphatic rings. The minimum Gasteiger partial charge on any atom is -0.398 e. The van der Waals surface area contributed by atoms with E-state index < -0.39 is 18.3 Å². The molecule has 0 saturated carbocycles. The topological polar surface area (TPSA) is 72.5 Å². The van der Waals surface area contributed by atoms with Crippen LogP contribution in [-0.4, -0.2) is 42.8 Å². The van der Waals surface area contributed by atoms with Crippen LogP contribution in [0.3, 0.4) is 0 Å². The number of carbonyl (C=O) groups excluding carboxylic acids is 1. The summed E-state index contributed by atoms with van der Waals surface area (Å²) in [4.78, 5) is 15.7. The number of likely N-dealkylation sites (N-methyl/N-ethyl adjacent to an activating group) is 1. The predicted octanol–water partition coefficient (Wildman–Crippen LogP) is 0.539. The Morgan fingerprint density at radius 3 is 2.43 bits per heavy atom. The summed E-state index contributed by atoms with van der Waals surface area (Å²) in [7, 11) is 1.09. The van der Waals surface area contributed by atoms with E-state index in [4.69, 9.17) is 9.31 Å². The van der Waals surface area contributed by atoms with Gasteiger partial charge in [0.15, 0.2) is 0 Å². The second-order valence-electron chi connectivity index (χ2n) is 6.06. The van der Waals surface area contributed by atoms with Gasteiger partial charge < -0.3 is 19.9 Å². The lowest BCUT2D eigenvalue weighted by atomic mass is 9.84.